The molecule has 0 fully saturated rings. The van der Waals surface area contributed by atoms with Crippen LogP contribution in [-0.2, 0) is 12.8 Å². The van der Waals surface area contributed by atoms with Crippen LogP contribution in [0.3, 0.4) is 0 Å². The van der Waals surface area contributed by atoms with Crippen LogP contribution in [0.25, 0.3) is 0 Å². The third kappa shape index (κ3) is 1.79. The van der Waals surface area contributed by atoms with Crippen LogP contribution in [-0.4, -0.2) is 23.9 Å². The van der Waals surface area contributed by atoms with Gasteiger partial charge in [-0.25, -0.2) is 4.68 Å². The zero-order chi connectivity index (χ0) is 11.7. The average Bonchev–Trinajstić information content (AvgIpc) is 2.42. The molecule has 88 valence electrons. The third-order valence-electron chi connectivity index (χ3n) is 3.12. The molecule has 1 N–H and O–H groups in total. The predicted molar refractivity (Wildman–Crippen MR) is 63.7 cm³/mol. The summed E-state index contributed by atoms with van der Waals surface area (Å²) in [7, 11) is 3.70. The van der Waals surface area contributed by atoms with Crippen molar-refractivity contribution in [2.24, 2.45) is 0 Å². The molecule has 0 saturated heterocycles. The summed E-state index contributed by atoms with van der Waals surface area (Å²) in [5, 5.41) is 11.6. The van der Waals surface area contributed by atoms with E-state index in [-0.39, 0.29) is 11.3 Å². The molecule has 1 aromatic rings. The van der Waals surface area contributed by atoms with E-state index in [1.54, 1.807) is 9.69 Å². The lowest BCUT2D eigenvalue weighted by Gasteiger charge is -2.22. The van der Waals surface area contributed by atoms with Gasteiger partial charge in [0.15, 0.2) is 0 Å². The Bertz CT molecular complexity index is 449. The standard InChI is InChI=1S/C12H18N2O2/c1-13(2)14-10-7-5-3-4-6-9(10)11(15)8-12(14)16/h8,15H,3-7H2,1-2H3. The first-order valence-electron chi connectivity index (χ1n) is 5.75. The maximum atomic E-state index is 11.8. The monoisotopic (exact) mass is 222 g/mol. The first-order chi connectivity index (χ1) is 7.61. The van der Waals surface area contributed by atoms with Gasteiger partial charge in [-0.2, -0.15) is 0 Å². The van der Waals surface area contributed by atoms with E-state index in [1.165, 1.54) is 6.07 Å². The molecular weight excluding hydrogens is 204 g/mol. The van der Waals surface area contributed by atoms with Gasteiger partial charge in [0.25, 0.3) is 5.56 Å². The van der Waals surface area contributed by atoms with Gasteiger partial charge in [0, 0.05) is 25.7 Å². The highest BCUT2D eigenvalue weighted by Crippen LogP contribution is 2.26. The van der Waals surface area contributed by atoms with Crippen molar-refractivity contribution in [2.45, 2.75) is 32.1 Å². The van der Waals surface area contributed by atoms with Crippen LogP contribution < -0.4 is 10.6 Å². The lowest BCUT2D eigenvalue weighted by molar-refractivity contribution is 0.460. The molecule has 0 spiro atoms. The molecule has 0 radical (unpaired) electrons. The van der Waals surface area contributed by atoms with Crippen LogP contribution in [0.15, 0.2) is 10.9 Å². The fraction of sp³-hybridized carbons (Fsp3) is 0.583. The van der Waals surface area contributed by atoms with E-state index in [2.05, 4.69) is 0 Å². The number of aromatic hydroxyl groups is 1. The lowest BCUT2D eigenvalue weighted by Crippen LogP contribution is -2.38. The van der Waals surface area contributed by atoms with Crippen molar-refractivity contribution in [3.05, 3.63) is 27.7 Å². The summed E-state index contributed by atoms with van der Waals surface area (Å²) in [5.74, 6) is 0.167. The Labute approximate surface area is 95.1 Å². The molecule has 4 heteroatoms. The second kappa shape index (κ2) is 4.20. The maximum Gasteiger partial charge on any atom is 0.272 e. The van der Waals surface area contributed by atoms with Crippen LogP contribution in [0.4, 0.5) is 0 Å². The van der Waals surface area contributed by atoms with E-state index in [1.807, 2.05) is 14.1 Å². The highest BCUT2D eigenvalue weighted by molar-refractivity contribution is 5.37. The molecule has 2 rings (SSSR count). The molecule has 16 heavy (non-hydrogen) atoms. The summed E-state index contributed by atoms with van der Waals surface area (Å²) < 4.78 is 1.67. The van der Waals surface area contributed by atoms with E-state index in [4.69, 9.17) is 0 Å². The maximum absolute atomic E-state index is 11.8. The fourth-order valence-electron chi connectivity index (χ4n) is 2.41. The van der Waals surface area contributed by atoms with Gasteiger partial charge in [0.1, 0.15) is 5.75 Å². The zero-order valence-corrected chi connectivity index (χ0v) is 9.86. The topological polar surface area (TPSA) is 45.5 Å². The van der Waals surface area contributed by atoms with Crippen molar-refractivity contribution in [1.29, 1.82) is 0 Å². The molecule has 1 heterocycles. The second-order valence-electron chi connectivity index (χ2n) is 4.51. The average molecular weight is 222 g/mol. The van der Waals surface area contributed by atoms with E-state index < -0.39 is 0 Å². The molecule has 0 unspecified atom stereocenters. The number of nitrogens with zero attached hydrogens (tertiary/aromatic N) is 2. The molecule has 0 amide bonds. The molecule has 4 nitrogen and oxygen atoms in total. The van der Waals surface area contributed by atoms with Gasteiger partial charge in [-0.15, -0.1) is 0 Å². The number of fused-ring (bicyclic) bond motifs is 1. The molecule has 1 aromatic heterocycles. The molecule has 0 aliphatic heterocycles. The van der Waals surface area contributed by atoms with E-state index in [0.717, 1.165) is 43.4 Å². The number of rotatable bonds is 1. The van der Waals surface area contributed by atoms with Crippen molar-refractivity contribution in [2.75, 3.05) is 19.1 Å². The van der Waals surface area contributed by atoms with Crippen molar-refractivity contribution in [3.63, 3.8) is 0 Å². The second-order valence-corrected chi connectivity index (χ2v) is 4.51. The first-order valence-corrected chi connectivity index (χ1v) is 5.75. The minimum atomic E-state index is -0.150. The fourth-order valence-corrected chi connectivity index (χ4v) is 2.41. The van der Waals surface area contributed by atoms with Gasteiger partial charge in [-0.1, -0.05) is 6.42 Å². The summed E-state index contributed by atoms with van der Waals surface area (Å²) in [6.07, 6.45) is 5.08. The number of aromatic nitrogens is 1. The van der Waals surface area contributed by atoms with Crippen LogP contribution in [0.1, 0.15) is 30.5 Å². The Morgan fingerprint density at radius 2 is 1.94 bits per heavy atom. The zero-order valence-electron chi connectivity index (χ0n) is 9.86. The smallest absolute Gasteiger partial charge is 0.272 e. The largest absolute Gasteiger partial charge is 0.507 e. The third-order valence-corrected chi connectivity index (χ3v) is 3.12. The van der Waals surface area contributed by atoms with Crippen molar-refractivity contribution in [3.8, 4) is 5.75 Å². The number of hydrogen-bond acceptors (Lipinski definition) is 3. The van der Waals surface area contributed by atoms with E-state index in [0.29, 0.717) is 0 Å². The molecule has 1 aliphatic rings. The molecule has 0 aromatic carbocycles. The quantitative estimate of drug-likeness (QED) is 0.722. The summed E-state index contributed by atoms with van der Waals surface area (Å²) in [6.45, 7) is 0. The molecule has 0 bridgehead atoms. The highest BCUT2D eigenvalue weighted by atomic mass is 16.3. The van der Waals surface area contributed by atoms with Crippen LogP contribution in [0.2, 0.25) is 0 Å². The highest BCUT2D eigenvalue weighted by Gasteiger charge is 2.18. The Hall–Kier alpha value is -1.45. The Kier molecular flexibility index (Phi) is 2.90. The summed E-state index contributed by atoms with van der Waals surface area (Å²) in [6, 6.07) is 1.32. The van der Waals surface area contributed by atoms with Crippen LogP contribution in [0.5, 0.6) is 5.75 Å². The Morgan fingerprint density at radius 3 is 2.62 bits per heavy atom. The summed E-state index contributed by atoms with van der Waals surface area (Å²) in [5.41, 5.74) is 1.78. The first kappa shape index (κ1) is 11.0. The van der Waals surface area contributed by atoms with Gasteiger partial charge < -0.3 is 10.1 Å². The van der Waals surface area contributed by atoms with Crippen LogP contribution in [0, 0.1) is 0 Å². The molecule has 1 aliphatic carbocycles. The van der Waals surface area contributed by atoms with Crippen molar-refractivity contribution in [1.82, 2.24) is 4.68 Å². The SMILES string of the molecule is CN(C)n1c2c(c(O)cc1=O)CCCCC2. The van der Waals surface area contributed by atoms with E-state index in [9.17, 15) is 9.90 Å². The lowest BCUT2D eigenvalue weighted by atomic mass is 10.1. The summed E-state index contributed by atoms with van der Waals surface area (Å²) in [4.78, 5) is 11.8. The Balaban J connectivity index is 2.66. The van der Waals surface area contributed by atoms with Gasteiger partial charge in [0.2, 0.25) is 0 Å². The molecule has 0 atom stereocenters. The normalized spacial score (nSPS) is 15.4. The Morgan fingerprint density at radius 1 is 1.25 bits per heavy atom. The number of hydrogen-bond donors (Lipinski definition) is 1. The minimum Gasteiger partial charge on any atom is -0.507 e. The van der Waals surface area contributed by atoms with Crippen molar-refractivity contribution < 1.29 is 5.11 Å². The van der Waals surface area contributed by atoms with Crippen LogP contribution >= 0.6 is 0 Å². The number of pyridine rings is 1. The predicted octanol–water partition coefficient (Wildman–Crippen LogP) is 1.02. The van der Waals surface area contributed by atoms with Gasteiger partial charge >= 0.3 is 0 Å². The molecular formula is C12H18N2O2. The van der Waals surface area contributed by atoms with Crippen molar-refractivity contribution >= 4 is 0 Å². The minimum absolute atomic E-state index is 0.150. The van der Waals surface area contributed by atoms with Gasteiger partial charge in [-0.3, -0.25) is 4.79 Å². The molecule has 0 saturated carbocycles. The summed E-state index contributed by atoms with van der Waals surface area (Å²) >= 11 is 0. The van der Waals surface area contributed by atoms with Gasteiger partial charge in [-0.05, 0) is 25.7 Å². The van der Waals surface area contributed by atoms with Gasteiger partial charge in [0.05, 0.1) is 5.69 Å². The van der Waals surface area contributed by atoms with E-state index >= 15 is 0 Å².